The largest absolute Gasteiger partial charge is 0.358 e. The molecule has 15 heavy (non-hydrogen) atoms. The standard InChI is InChI=1S/C7H5ClF2N2O3/c8-2-4-3(6(9)10)1-5(13)11-7(4)12(14)15/h1,6H,2H2,(H,11,13). The second-order valence-electron chi connectivity index (χ2n) is 2.61. The van der Waals surface area contributed by atoms with Crippen LogP contribution in [0.15, 0.2) is 10.9 Å². The van der Waals surface area contributed by atoms with Crippen molar-refractivity contribution in [2.24, 2.45) is 0 Å². The highest BCUT2D eigenvalue weighted by atomic mass is 35.5. The quantitative estimate of drug-likeness (QED) is 0.497. The Morgan fingerprint density at radius 1 is 1.60 bits per heavy atom. The lowest BCUT2D eigenvalue weighted by Crippen LogP contribution is -2.13. The van der Waals surface area contributed by atoms with E-state index < -0.39 is 34.2 Å². The number of pyridine rings is 1. The summed E-state index contributed by atoms with van der Waals surface area (Å²) in [6.07, 6.45) is -2.97. The van der Waals surface area contributed by atoms with Gasteiger partial charge < -0.3 is 10.1 Å². The number of nitrogens with zero attached hydrogens (tertiary/aromatic N) is 1. The van der Waals surface area contributed by atoms with E-state index >= 15 is 0 Å². The van der Waals surface area contributed by atoms with Crippen LogP contribution in [0.1, 0.15) is 17.6 Å². The zero-order chi connectivity index (χ0) is 11.6. The molecule has 1 N–H and O–H groups in total. The van der Waals surface area contributed by atoms with Gasteiger partial charge in [0.05, 0.1) is 11.4 Å². The van der Waals surface area contributed by atoms with Crippen LogP contribution in [0.3, 0.4) is 0 Å². The van der Waals surface area contributed by atoms with Gasteiger partial charge in [-0.2, -0.15) is 0 Å². The number of nitro groups is 1. The van der Waals surface area contributed by atoms with Gasteiger partial charge >= 0.3 is 11.4 Å². The van der Waals surface area contributed by atoms with Crippen molar-refractivity contribution >= 4 is 17.4 Å². The van der Waals surface area contributed by atoms with E-state index in [0.717, 1.165) is 0 Å². The highest BCUT2D eigenvalue weighted by Gasteiger charge is 2.23. The van der Waals surface area contributed by atoms with E-state index in [1.54, 1.807) is 0 Å². The minimum atomic E-state index is -2.97. The van der Waals surface area contributed by atoms with E-state index in [-0.39, 0.29) is 5.56 Å². The molecule has 0 aliphatic carbocycles. The summed E-state index contributed by atoms with van der Waals surface area (Å²) in [6, 6.07) is 0.607. The number of hydrogen-bond donors (Lipinski definition) is 1. The topological polar surface area (TPSA) is 76.0 Å². The van der Waals surface area contributed by atoms with Crippen molar-refractivity contribution in [2.45, 2.75) is 12.3 Å². The van der Waals surface area contributed by atoms with Gasteiger partial charge in [0.1, 0.15) is 0 Å². The van der Waals surface area contributed by atoms with Gasteiger partial charge in [0.15, 0.2) is 0 Å². The van der Waals surface area contributed by atoms with Crippen LogP contribution in [0, 0.1) is 10.1 Å². The number of rotatable bonds is 3. The van der Waals surface area contributed by atoms with Crippen LogP contribution in [0.5, 0.6) is 0 Å². The molecular formula is C7H5ClF2N2O3. The molecule has 1 heterocycles. The first-order valence-electron chi connectivity index (χ1n) is 3.72. The molecule has 0 aromatic carbocycles. The van der Waals surface area contributed by atoms with Crippen molar-refractivity contribution in [3.8, 4) is 0 Å². The first-order chi connectivity index (χ1) is 6.97. The molecule has 1 rings (SSSR count). The number of nitrogens with one attached hydrogen (secondary N) is 1. The van der Waals surface area contributed by atoms with Crippen LogP contribution in [-0.4, -0.2) is 9.91 Å². The molecule has 8 heteroatoms. The molecule has 0 fully saturated rings. The normalized spacial score (nSPS) is 10.7. The van der Waals surface area contributed by atoms with Gasteiger partial charge in [-0.3, -0.25) is 0 Å². The second-order valence-corrected chi connectivity index (χ2v) is 2.87. The Labute approximate surface area is 86.8 Å². The average molecular weight is 239 g/mol. The molecule has 0 aliphatic rings. The highest BCUT2D eigenvalue weighted by Crippen LogP contribution is 2.27. The number of aromatic amines is 1. The number of aromatic nitrogens is 1. The first kappa shape index (κ1) is 11.6. The SMILES string of the molecule is O=c1cc(C(F)F)c(CCl)c([N+](=O)[O-])[nH]1. The van der Waals surface area contributed by atoms with Crippen molar-refractivity contribution in [1.82, 2.24) is 4.98 Å². The highest BCUT2D eigenvalue weighted by molar-refractivity contribution is 6.17. The van der Waals surface area contributed by atoms with E-state index in [4.69, 9.17) is 11.6 Å². The number of halogens is 3. The maximum absolute atomic E-state index is 12.4. The van der Waals surface area contributed by atoms with Crippen LogP contribution < -0.4 is 5.56 Å². The molecule has 5 nitrogen and oxygen atoms in total. The minimum absolute atomic E-state index is 0.365. The molecule has 0 atom stereocenters. The summed E-state index contributed by atoms with van der Waals surface area (Å²) in [4.78, 5) is 22.2. The molecule has 1 aromatic heterocycles. The monoisotopic (exact) mass is 238 g/mol. The third-order valence-electron chi connectivity index (χ3n) is 1.71. The smallest absolute Gasteiger partial charge is 0.332 e. The molecular weight excluding hydrogens is 234 g/mol. The predicted molar refractivity (Wildman–Crippen MR) is 48.2 cm³/mol. The van der Waals surface area contributed by atoms with Crippen molar-refractivity contribution in [3.05, 3.63) is 37.7 Å². The van der Waals surface area contributed by atoms with Gasteiger partial charge in [0, 0.05) is 11.6 Å². The predicted octanol–water partition coefficient (Wildman–Crippen LogP) is 1.96. The molecule has 0 radical (unpaired) electrons. The Kier molecular flexibility index (Phi) is 3.35. The fraction of sp³-hybridized carbons (Fsp3) is 0.286. The van der Waals surface area contributed by atoms with Gasteiger partial charge in [-0.25, -0.2) is 18.6 Å². The molecule has 0 unspecified atom stereocenters. The Morgan fingerprint density at radius 2 is 2.20 bits per heavy atom. The van der Waals surface area contributed by atoms with Gasteiger partial charge in [0.25, 0.3) is 6.43 Å². The van der Waals surface area contributed by atoms with Crippen LogP contribution in [0.4, 0.5) is 14.6 Å². The third-order valence-corrected chi connectivity index (χ3v) is 1.98. The summed E-state index contributed by atoms with van der Waals surface area (Å²) >= 11 is 5.32. The van der Waals surface area contributed by atoms with Crippen LogP contribution in [0.25, 0.3) is 0 Å². The zero-order valence-corrected chi connectivity index (χ0v) is 7.92. The van der Waals surface area contributed by atoms with E-state index in [9.17, 15) is 23.7 Å². The fourth-order valence-electron chi connectivity index (χ4n) is 1.08. The lowest BCUT2D eigenvalue weighted by molar-refractivity contribution is -0.390. The minimum Gasteiger partial charge on any atom is -0.358 e. The van der Waals surface area contributed by atoms with E-state index in [1.807, 2.05) is 4.98 Å². The Bertz CT molecular complexity index is 446. The van der Waals surface area contributed by atoms with Gasteiger partial charge in [-0.15, -0.1) is 11.6 Å². The maximum atomic E-state index is 12.4. The molecule has 1 aromatic rings. The summed E-state index contributed by atoms with van der Waals surface area (Å²) in [5.74, 6) is -1.25. The molecule has 0 saturated heterocycles. The van der Waals surface area contributed by atoms with E-state index in [1.165, 1.54) is 0 Å². The summed E-state index contributed by atoms with van der Waals surface area (Å²) in [5.41, 5.74) is -2.03. The zero-order valence-electron chi connectivity index (χ0n) is 7.17. The van der Waals surface area contributed by atoms with Gasteiger partial charge in [-0.1, -0.05) is 0 Å². The van der Waals surface area contributed by atoms with E-state index in [2.05, 4.69) is 0 Å². The Morgan fingerprint density at radius 3 is 2.60 bits per heavy atom. The van der Waals surface area contributed by atoms with Crippen molar-refractivity contribution < 1.29 is 13.7 Å². The lowest BCUT2D eigenvalue weighted by Gasteiger charge is -2.05. The number of alkyl halides is 3. The molecule has 82 valence electrons. The molecule has 0 aliphatic heterocycles. The number of H-pyrrole nitrogens is 1. The molecule has 0 bridgehead atoms. The van der Waals surface area contributed by atoms with Crippen LogP contribution in [-0.2, 0) is 5.88 Å². The first-order valence-corrected chi connectivity index (χ1v) is 4.25. The second kappa shape index (κ2) is 4.35. The maximum Gasteiger partial charge on any atom is 0.332 e. The average Bonchev–Trinajstić information content (AvgIpc) is 2.16. The summed E-state index contributed by atoms with van der Waals surface area (Å²) in [6.45, 7) is 0. The third kappa shape index (κ3) is 2.30. The van der Waals surface area contributed by atoms with Crippen LogP contribution >= 0.6 is 11.6 Å². The van der Waals surface area contributed by atoms with Gasteiger partial charge in [-0.05, 0) is 4.92 Å². The Hall–Kier alpha value is -1.50. The molecule has 0 spiro atoms. The molecule has 0 amide bonds. The fourth-order valence-corrected chi connectivity index (χ4v) is 1.37. The van der Waals surface area contributed by atoms with Crippen molar-refractivity contribution in [1.29, 1.82) is 0 Å². The van der Waals surface area contributed by atoms with Crippen LogP contribution in [0.2, 0.25) is 0 Å². The van der Waals surface area contributed by atoms with Crippen molar-refractivity contribution in [3.63, 3.8) is 0 Å². The summed E-state index contributed by atoms with van der Waals surface area (Å²) < 4.78 is 24.8. The lowest BCUT2D eigenvalue weighted by atomic mass is 10.1. The van der Waals surface area contributed by atoms with Crippen molar-refractivity contribution in [2.75, 3.05) is 0 Å². The number of hydrogen-bond acceptors (Lipinski definition) is 3. The van der Waals surface area contributed by atoms with Gasteiger partial charge in [0.2, 0.25) is 0 Å². The Balaban J connectivity index is 3.52. The molecule has 0 saturated carbocycles. The van der Waals surface area contributed by atoms with E-state index in [0.29, 0.717) is 6.07 Å². The summed E-state index contributed by atoms with van der Waals surface area (Å²) in [5, 5.41) is 10.4. The summed E-state index contributed by atoms with van der Waals surface area (Å²) in [7, 11) is 0.